The number of hydrogen-bond acceptors (Lipinski definition) is 4. The molecular weight excluding hydrogens is 352 g/mol. The smallest absolute Gasteiger partial charge is 0.224 e. The highest BCUT2D eigenvalue weighted by Crippen LogP contribution is 2.29. The minimum atomic E-state index is 0.0681. The number of nitrogens with one attached hydrogen (secondary N) is 2. The Balaban J connectivity index is 1.30. The fourth-order valence-electron chi connectivity index (χ4n) is 3.97. The van der Waals surface area contributed by atoms with Crippen molar-refractivity contribution in [2.24, 2.45) is 0 Å². The Morgan fingerprint density at radius 3 is 2.79 bits per heavy atom. The second kappa shape index (κ2) is 8.00. The molecule has 1 amide bonds. The molecule has 0 spiro atoms. The number of benzene rings is 1. The lowest BCUT2D eigenvalue weighted by Gasteiger charge is -2.30. The van der Waals surface area contributed by atoms with Crippen molar-refractivity contribution in [2.75, 3.05) is 0 Å². The number of hydrogen-bond donors (Lipinski definition) is 2. The molecule has 1 aliphatic rings. The first-order valence-electron chi connectivity index (χ1n) is 9.89. The quantitative estimate of drug-likeness (QED) is 0.711. The lowest BCUT2D eigenvalue weighted by Crippen LogP contribution is -2.40. The van der Waals surface area contributed by atoms with Crippen molar-refractivity contribution >= 4 is 16.7 Å². The molecule has 146 valence electrons. The zero-order valence-electron chi connectivity index (χ0n) is 16.4. The summed E-state index contributed by atoms with van der Waals surface area (Å²) in [5.41, 5.74) is 2.87. The predicted octanol–water partition coefficient (Wildman–Crippen LogP) is 3.62. The van der Waals surface area contributed by atoms with E-state index in [2.05, 4.69) is 20.5 Å². The number of aromatic amines is 1. The Morgan fingerprint density at radius 2 is 2.04 bits per heavy atom. The SMILES string of the molecule is Cc1n[nH]c(C)c1CC(=O)NC1CCC(Oc2cccc3cnccc23)CC1. The van der Waals surface area contributed by atoms with Crippen LogP contribution in [0.3, 0.4) is 0 Å². The zero-order chi connectivity index (χ0) is 19.5. The minimum Gasteiger partial charge on any atom is -0.490 e. The molecule has 1 aromatic carbocycles. The number of carbonyl (C=O) groups excluding carboxylic acids is 1. The maximum Gasteiger partial charge on any atom is 0.224 e. The molecule has 0 saturated heterocycles. The van der Waals surface area contributed by atoms with Crippen molar-refractivity contribution in [3.63, 3.8) is 0 Å². The Labute approximate surface area is 164 Å². The maximum absolute atomic E-state index is 12.4. The first kappa shape index (κ1) is 18.5. The maximum atomic E-state index is 12.4. The van der Waals surface area contributed by atoms with Crippen molar-refractivity contribution in [2.45, 2.75) is 58.1 Å². The number of pyridine rings is 1. The van der Waals surface area contributed by atoms with Crippen LogP contribution in [0.1, 0.15) is 42.6 Å². The minimum absolute atomic E-state index is 0.0681. The molecule has 6 nitrogen and oxygen atoms in total. The number of amides is 1. The predicted molar refractivity (Wildman–Crippen MR) is 108 cm³/mol. The monoisotopic (exact) mass is 378 g/mol. The summed E-state index contributed by atoms with van der Waals surface area (Å²) in [5, 5.41) is 12.5. The standard InChI is InChI=1S/C22H26N4O2/c1-14-20(15(2)26-25-14)12-22(27)24-17-6-8-18(9-7-17)28-21-5-3-4-16-13-23-11-10-19(16)21/h3-5,10-11,13,17-18H,6-9,12H2,1-2H3,(H,24,27)(H,25,26). The lowest BCUT2D eigenvalue weighted by molar-refractivity contribution is -0.121. The van der Waals surface area contributed by atoms with E-state index < -0.39 is 0 Å². The zero-order valence-corrected chi connectivity index (χ0v) is 16.4. The molecule has 1 aliphatic carbocycles. The van der Waals surface area contributed by atoms with Gasteiger partial charge in [0.15, 0.2) is 0 Å². The molecule has 0 atom stereocenters. The number of aromatic nitrogens is 3. The molecule has 0 unspecified atom stereocenters. The van der Waals surface area contributed by atoms with Crippen molar-refractivity contribution in [3.05, 3.63) is 53.6 Å². The van der Waals surface area contributed by atoms with Gasteiger partial charge < -0.3 is 10.1 Å². The number of H-pyrrole nitrogens is 1. The van der Waals surface area contributed by atoms with E-state index in [9.17, 15) is 4.79 Å². The van der Waals surface area contributed by atoms with Crippen LogP contribution in [0.4, 0.5) is 0 Å². The molecule has 0 aliphatic heterocycles. The summed E-state index contributed by atoms with van der Waals surface area (Å²) in [4.78, 5) is 16.6. The number of fused-ring (bicyclic) bond motifs is 1. The van der Waals surface area contributed by atoms with Gasteiger partial charge in [-0.1, -0.05) is 12.1 Å². The van der Waals surface area contributed by atoms with E-state index in [-0.39, 0.29) is 18.1 Å². The van der Waals surface area contributed by atoms with Gasteiger partial charge in [0, 0.05) is 40.5 Å². The fourth-order valence-corrected chi connectivity index (χ4v) is 3.97. The third kappa shape index (κ3) is 4.01. The van der Waals surface area contributed by atoms with Gasteiger partial charge in [-0.05, 0) is 51.7 Å². The van der Waals surface area contributed by atoms with Crippen molar-refractivity contribution in [3.8, 4) is 5.75 Å². The first-order chi connectivity index (χ1) is 13.6. The average molecular weight is 378 g/mol. The largest absolute Gasteiger partial charge is 0.490 e. The third-order valence-electron chi connectivity index (χ3n) is 5.59. The van der Waals surface area contributed by atoms with E-state index in [1.165, 1.54) is 0 Å². The van der Waals surface area contributed by atoms with Gasteiger partial charge in [0.2, 0.25) is 5.91 Å². The number of rotatable bonds is 5. The van der Waals surface area contributed by atoms with Gasteiger partial charge in [-0.15, -0.1) is 0 Å². The second-order valence-corrected chi connectivity index (χ2v) is 7.60. The summed E-state index contributed by atoms with van der Waals surface area (Å²) in [5.74, 6) is 0.983. The molecule has 6 heteroatoms. The van der Waals surface area contributed by atoms with Crippen molar-refractivity contribution in [1.82, 2.24) is 20.5 Å². The highest BCUT2D eigenvalue weighted by molar-refractivity contribution is 5.87. The van der Waals surface area contributed by atoms with Gasteiger partial charge in [-0.25, -0.2) is 0 Å². The molecular formula is C22H26N4O2. The Morgan fingerprint density at radius 1 is 1.21 bits per heavy atom. The summed E-state index contributed by atoms with van der Waals surface area (Å²) >= 11 is 0. The van der Waals surface area contributed by atoms with Gasteiger partial charge in [0.25, 0.3) is 0 Å². The summed E-state index contributed by atoms with van der Waals surface area (Å²) in [6.45, 7) is 3.88. The molecule has 4 rings (SSSR count). The molecule has 1 saturated carbocycles. The van der Waals surface area contributed by atoms with Crippen LogP contribution in [0, 0.1) is 13.8 Å². The van der Waals surface area contributed by atoms with E-state index in [1.54, 1.807) is 6.20 Å². The van der Waals surface area contributed by atoms with E-state index >= 15 is 0 Å². The van der Waals surface area contributed by atoms with E-state index in [4.69, 9.17) is 4.74 Å². The van der Waals surface area contributed by atoms with Gasteiger partial charge in [-0.3, -0.25) is 14.9 Å². The second-order valence-electron chi connectivity index (χ2n) is 7.60. The molecule has 0 bridgehead atoms. The summed E-state index contributed by atoms with van der Waals surface area (Å²) in [6, 6.07) is 8.29. The van der Waals surface area contributed by atoms with Crippen molar-refractivity contribution < 1.29 is 9.53 Å². The van der Waals surface area contributed by atoms with Gasteiger partial charge in [0.1, 0.15) is 5.75 Å². The van der Waals surface area contributed by atoms with Gasteiger partial charge >= 0.3 is 0 Å². The molecule has 3 aromatic rings. The van der Waals surface area contributed by atoms with Crippen LogP contribution in [0.2, 0.25) is 0 Å². The van der Waals surface area contributed by atoms with Crippen LogP contribution in [0.25, 0.3) is 10.8 Å². The Bertz CT molecular complexity index is 949. The molecule has 1 fully saturated rings. The van der Waals surface area contributed by atoms with Crippen LogP contribution in [0.15, 0.2) is 36.7 Å². The van der Waals surface area contributed by atoms with Gasteiger partial charge in [0.05, 0.1) is 18.2 Å². The highest BCUT2D eigenvalue weighted by atomic mass is 16.5. The molecule has 2 aromatic heterocycles. The first-order valence-corrected chi connectivity index (χ1v) is 9.89. The van der Waals surface area contributed by atoms with Crippen LogP contribution < -0.4 is 10.1 Å². The third-order valence-corrected chi connectivity index (χ3v) is 5.59. The van der Waals surface area contributed by atoms with Gasteiger partial charge in [-0.2, -0.15) is 5.10 Å². The van der Waals surface area contributed by atoms with E-state index in [0.717, 1.165) is 59.2 Å². The van der Waals surface area contributed by atoms with E-state index in [1.807, 2.05) is 44.3 Å². The molecule has 2 heterocycles. The topological polar surface area (TPSA) is 79.9 Å². The molecule has 28 heavy (non-hydrogen) atoms. The normalized spacial score (nSPS) is 19.5. The highest BCUT2D eigenvalue weighted by Gasteiger charge is 2.24. The average Bonchev–Trinajstić information content (AvgIpc) is 3.02. The summed E-state index contributed by atoms with van der Waals surface area (Å²) < 4.78 is 6.29. The van der Waals surface area contributed by atoms with Crippen LogP contribution in [0.5, 0.6) is 5.75 Å². The van der Waals surface area contributed by atoms with Crippen LogP contribution >= 0.6 is 0 Å². The number of nitrogens with zero attached hydrogens (tertiary/aromatic N) is 2. The van der Waals surface area contributed by atoms with Crippen molar-refractivity contribution in [1.29, 1.82) is 0 Å². The molecule has 0 radical (unpaired) electrons. The van der Waals surface area contributed by atoms with Crippen LogP contribution in [-0.2, 0) is 11.2 Å². The summed E-state index contributed by atoms with van der Waals surface area (Å²) in [7, 11) is 0. The summed E-state index contributed by atoms with van der Waals surface area (Å²) in [6.07, 6.45) is 7.98. The number of ether oxygens (including phenoxy) is 1. The van der Waals surface area contributed by atoms with E-state index in [0.29, 0.717) is 6.42 Å². The Hall–Kier alpha value is -2.89. The Kier molecular flexibility index (Phi) is 5.28. The number of aryl methyl sites for hydroxylation is 2. The number of carbonyl (C=O) groups is 1. The lowest BCUT2D eigenvalue weighted by atomic mass is 9.92. The van der Waals surface area contributed by atoms with Crippen LogP contribution in [-0.4, -0.2) is 33.2 Å². The fraction of sp³-hybridized carbons (Fsp3) is 0.409. The molecule has 2 N–H and O–H groups in total.